The lowest BCUT2D eigenvalue weighted by Crippen LogP contribution is -2.21. The van der Waals surface area contributed by atoms with Crippen LogP contribution in [0.3, 0.4) is 0 Å². The number of rotatable bonds is 3. The minimum Gasteiger partial charge on any atom is -0.399 e. The van der Waals surface area contributed by atoms with Crippen LogP contribution in [0.4, 0.5) is 5.69 Å². The Hall–Kier alpha value is -0.380. The molecule has 1 saturated heterocycles. The molecule has 0 saturated carbocycles. The fourth-order valence-electron chi connectivity index (χ4n) is 2.01. The Morgan fingerprint density at radius 3 is 2.94 bits per heavy atom. The third-order valence-corrected chi connectivity index (χ3v) is 4.56. The maximum absolute atomic E-state index is 6.12. The summed E-state index contributed by atoms with van der Waals surface area (Å²) in [7, 11) is 0. The van der Waals surface area contributed by atoms with Crippen molar-refractivity contribution in [1.82, 2.24) is 0 Å². The van der Waals surface area contributed by atoms with Gasteiger partial charge in [0, 0.05) is 16.3 Å². The largest absolute Gasteiger partial charge is 0.399 e. The van der Waals surface area contributed by atoms with Gasteiger partial charge in [-0.05, 0) is 44.9 Å². The maximum Gasteiger partial charge on any atom is 0.0677 e. The second kappa shape index (κ2) is 5.09. The molecule has 1 aromatic rings. The smallest absolute Gasteiger partial charge is 0.0677 e. The summed E-state index contributed by atoms with van der Waals surface area (Å²) in [6, 6.07) is 5.59. The van der Waals surface area contributed by atoms with Crippen molar-refractivity contribution in [1.29, 1.82) is 0 Å². The van der Waals surface area contributed by atoms with E-state index in [0.29, 0.717) is 6.10 Å². The highest BCUT2D eigenvalue weighted by atomic mass is 35.5. The van der Waals surface area contributed by atoms with Crippen molar-refractivity contribution in [2.75, 3.05) is 11.5 Å². The molecule has 1 aliphatic heterocycles. The van der Waals surface area contributed by atoms with Crippen molar-refractivity contribution in [3.8, 4) is 0 Å². The number of anilines is 1. The molecule has 1 atom stereocenters. The van der Waals surface area contributed by atoms with E-state index < -0.39 is 0 Å². The van der Waals surface area contributed by atoms with Crippen LogP contribution < -0.4 is 5.73 Å². The van der Waals surface area contributed by atoms with Crippen LogP contribution in [0.25, 0.3) is 0 Å². The minimum absolute atomic E-state index is 0.0325. The first-order chi connectivity index (χ1) is 7.96. The average Bonchev–Trinajstić information content (AvgIpc) is 2.60. The summed E-state index contributed by atoms with van der Waals surface area (Å²) in [5.41, 5.74) is 6.54. The van der Waals surface area contributed by atoms with E-state index >= 15 is 0 Å². The molecule has 1 heterocycles. The molecule has 1 fully saturated rings. The highest BCUT2D eigenvalue weighted by molar-refractivity contribution is 7.99. The first kappa shape index (κ1) is 13.1. The van der Waals surface area contributed by atoms with Crippen LogP contribution in [0.1, 0.15) is 26.7 Å². The van der Waals surface area contributed by atoms with Gasteiger partial charge in [0.1, 0.15) is 0 Å². The molecule has 4 heteroatoms. The van der Waals surface area contributed by atoms with E-state index in [-0.39, 0.29) is 5.60 Å². The number of hydrogen-bond donors (Lipinski definition) is 1. The van der Waals surface area contributed by atoms with Crippen molar-refractivity contribution in [3.05, 3.63) is 23.2 Å². The van der Waals surface area contributed by atoms with E-state index in [1.807, 2.05) is 18.2 Å². The fraction of sp³-hybridized carbons (Fsp3) is 0.538. The van der Waals surface area contributed by atoms with E-state index in [9.17, 15) is 0 Å². The van der Waals surface area contributed by atoms with E-state index in [0.717, 1.165) is 34.2 Å². The minimum atomic E-state index is 0.0325. The van der Waals surface area contributed by atoms with Gasteiger partial charge in [0.15, 0.2) is 0 Å². The summed E-state index contributed by atoms with van der Waals surface area (Å²) in [6.07, 6.45) is 2.58. The molecule has 94 valence electrons. The standard InChI is InChI=1S/C13H18ClNOS/c1-13(2)6-5-10(16-13)8-17-12-7-9(15)3-4-11(12)14/h3-4,7,10H,5-6,8,15H2,1-2H3. The molecule has 0 radical (unpaired) electrons. The third kappa shape index (κ3) is 3.54. The summed E-state index contributed by atoms with van der Waals surface area (Å²) in [5, 5.41) is 0.765. The number of halogens is 1. The summed E-state index contributed by atoms with van der Waals surface area (Å²) in [6.45, 7) is 4.29. The van der Waals surface area contributed by atoms with Gasteiger partial charge in [-0.3, -0.25) is 0 Å². The average molecular weight is 272 g/mol. The van der Waals surface area contributed by atoms with E-state index in [2.05, 4.69) is 13.8 Å². The van der Waals surface area contributed by atoms with Crippen LogP contribution in [0.15, 0.2) is 23.1 Å². The number of thioether (sulfide) groups is 1. The van der Waals surface area contributed by atoms with Crippen LogP contribution >= 0.6 is 23.4 Å². The van der Waals surface area contributed by atoms with Crippen LogP contribution in [0, 0.1) is 0 Å². The van der Waals surface area contributed by atoms with E-state index in [1.165, 1.54) is 0 Å². The first-order valence-electron chi connectivity index (χ1n) is 5.82. The Balaban J connectivity index is 1.92. The van der Waals surface area contributed by atoms with Gasteiger partial charge in [-0.15, -0.1) is 11.8 Å². The lowest BCUT2D eigenvalue weighted by Gasteiger charge is -2.19. The molecule has 17 heavy (non-hydrogen) atoms. The Morgan fingerprint density at radius 1 is 1.53 bits per heavy atom. The van der Waals surface area contributed by atoms with Gasteiger partial charge in [0.2, 0.25) is 0 Å². The topological polar surface area (TPSA) is 35.2 Å². The van der Waals surface area contributed by atoms with E-state index in [1.54, 1.807) is 11.8 Å². The Labute approximate surface area is 112 Å². The zero-order valence-corrected chi connectivity index (χ0v) is 11.8. The Bertz CT molecular complexity index is 408. The van der Waals surface area contributed by atoms with Crippen molar-refractivity contribution >= 4 is 29.1 Å². The monoisotopic (exact) mass is 271 g/mol. The molecule has 1 aliphatic rings. The predicted octanol–water partition coefficient (Wildman–Crippen LogP) is 3.97. The molecular formula is C13H18ClNOS. The second-order valence-corrected chi connectivity index (χ2v) is 6.51. The van der Waals surface area contributed by atoms with E-state index in [4.69, 9.17) is 22.1 Å². The summed E-state index contributed by atoms with van der Waals surface area (Å²) >= 11 is 7.84. The van der Waals surface area contributed by atoms with Gasteiger partial charge in [-0.2, -0.15) is 0 Å². The zero-order valence-electron chi connectivity index (χ0n) is 10.2. The van der Waals surface area contributed by atoms with Crippen molar-refractivity contribution in [2.24, 2.45) is 0 Å². The summed E-state index contributed by atoms with van der Waals surface area (Å²) in [5.74, 6) is 0.937. The quantitative estimate of drug-likeness (QED) is 0.667. The molecule has 1 aromatic carbocycles. The highest BCUT2D eigenvalue weighted by Gasteiger charge is 2.31. The molecule has 2 N–H and O–H groups in total. The summed E-state index contributed by atoms with van der Waals surface area (Å²) < 4.78 is 5.95. The zero-order chi connectivity index (χ0) is 12.5. The number of hydrogen-bond acceptors (Lipinski definition) is 3. The maximum atomic E-state index is 6.12. The molecule has 0 aliphatic carbocycles. The van der Waals surface area contributed by atoms with Gasteiger partial charge >= 0.3 is 0 Å². The molecule has 1 unspecified atom stereocenters. The van der Waals surface area contributed by atoms with Gasteiger partial charge < -0.3 is 10.5 Å². The lowest BCUT2D eigenvalue weighted by molar-refractivity contribution is -0.00466. The van der Waals surface area contributed by atoms with Crippen LogP contribution in [0.5, 0.6) is 0 Å². The normalized spacial score (nSPS) is 22.9. The number of ether oxygens (including phenoxy) is 1. The first-order valence-corrected chi connectivity index (χ1v) is 7.18. The van der Waals surface area contributed by atoms with Gasteiger partial charge in [0.25, 0.3) is 0 Å². The molecule has 0 aromatic heterocycles. The lowest BCUT2D eigenvalue weighted by atomic mass is 10.1. The van der Waals surface area contributed by atoms with Gasteiger partial charge in [-0.25, -0.2) is 0 Å². The third-order valence-electron chi connectivity index (χ3n) is 2.93. The van der Waals surface area contributed by atoms with Gasteiger partial charge in [-0.1, -0.05) is 11.6 Å². The van der Waals surface area contributed by atoms with Crippen molar-refractivity contribution in [3.63, 3.8) is 0 Å². The predicted molar refractivity (Wildman–Crippen MR) is 74.8 cm³/mol. The van der Waals surface area contributed by atoms with Crippen LogP contribution in [-0.4, -0.2) is 17.5 Å². The van der Waals surface area contributed by atoms with Crippen LogP contribution in [-0.2, 0) is 4.74 Å². The SMILES string of the molecule is CC1(C)CCC(CSc2cc(N)ccc2Cl)O1. The van der Waals surface area contributed by atoms with Crippen molar-refractivity contribution in [2.45, 2.75) is 43.3 Å². The number of nitrogen functional groups attached to an aromatic ring is 1. The van der Waals surface area contributed by atoms with Crippen molar-refractivity contribution < 1.29 is 4.74 Å². The molecule has 0 bridgehead atoms. The van der Waals surface area contributed by atoms with Gasteiger partial charge in [0.05, 0.1) is 16.7 Å². The molecule has 0 amide bonds. The summed E-state index contributed by atoms with van der Waals surface area (Å²) in [4.78, 5) is 1.04. The molecular weight excluding hydrogens is 254 g/mol. The molecule has 2 nitrogen and oxygen atoms in total. The molecule has 0 spiro atoms. The highest BCUT2D eigenvalue weighted by Crippen LogP contribution is 2.35. The number of nitrogens with two attached hydrogens (primary N) is 1. The number of benzene rings is 1. The second-order valence-electron chi connectivity index (χ2n) is 5.04. The Morgan fingerprint density at radius 2 is 2.29 bits per heavy atom. The van der Waals surface area contributed by atoms with Crippen LogP contribution in [0.2, 0.25) is 5.02 Å². The fourth-order valence-corrected chi connectivity index (χ4v) is 3.31. The Kier molecular flexibility index (Phi) is 3.91. The molecule has 2 rings (SSSR count).